The molecule has 1 aromatic heterocycles. The SMILES string of the molecule is N#CC(=CC=Cc1ccc2ccccc2c1)c1ccncc1. The zero-order valence-corrected chi connectivity index (χ0v) is 12.0. The van der Waals surface area contributed by atoms with Crippen LogP contribution in [-0.2, 0) is 0 Å². The van der Waals surface area contributed by atoms with E-state index in [-0.39, 0.29) is 0 Å². The van der Waals surface area contributed by atoms with Gasteiger partial charge in [0.2, 0.25) is 0 Å². The molecule has 0 fully saturated rings. The van der Waals surface area contributed by atoms with Crippen molar-refractivity contribution >= 4 is 22.4 Å². The van der Waals surface area contributed by atoms with E-state index in [2.05, 4.69) is 41.4 Å². The van der Waals surface area contributed by atoms with Crippen LogP contribution in [-0.4, -0.2) is 4.98 Å². The van der Waals surface area contributed by atoms with Crippen LogP contribution >= 0.6 is 0 Å². The van der Waals surface area contributed by atoms with Crippen LogP contribution in [0.4, 0.5) is 0 Å². The number of allylic oxidation sites excluding steroid dienone is 3. The van der Waals surface area contributed by atoms with Gasteiger partial charge in [-0.2, -0.15) is 5.26 Å². The molecule has 3 aromatic rings. The lowest BCUT2D eigenvalue weighted by Gasteiger charge is -1.99. The first-order chi connectivity index (χ1) is 10.9. The van der Waals surface area contributed by atoms with Crippen molar-refractivity contribution in [1.29, 1.82) is 5.26 Å². The number of aromatic nitrogens is 1. The van der Waals surface area contributed by atoms with Crippen molar-refractivity contribution in [3.05, 3.63) is 90.3 Å². The Bertz CT molecular complexity index is 884. The van der Waals surface area contributed by atoms with E-state index in [1.807, 2.05) is 42.5 Å². The van der Waals surface area contributed by atoms with E-state index in [0.717, 1.165) is 11.1 Å². The van der Waals surface area contributed by atoms with Crippen LogP contribution in [0, 0.1) is 11.3 Å². The number of nitriles is 1. The van der Waals surface area contributed by atoms with Crippen LogP contribution in [0.25, 0.3) is 22.4 Å². The van der Waals surface area contributed by atoms with Gasteiger partial charge in [-0.25, -0.2) is 0 Å². The van der Waals surface area contributed by atoms with Gasteiger partial charge in [0.1, 0.15) is 0 Å². The Morgan fingerprint density at radius 3 is 2.50 bits per heavy atom. The maximum absolute atomic E-state index is 9.25. The summed E-state index contributed by atoms with van der Waals surface area (Å²) in [4.78, 5) is 3.96. The van der Waals surface area contributed by atoms with Gasteiger partial charge in [0.05, 0.1) is 11.6 Å². The van der Waals surface area contributed by atoms with Gasteiger partial charge < -0.3 is 0 Å². The normalized spacial score (nSPS) is 11.7. The molecule has 0 bridgehead atoms. The second-order valence-electron chi connectivity index (χ2n) is 4.89. The number of pyridine rings is 1. The van der Waals surface area contributed by atoms with E-state index < -0.39 is 0 Å². The quantitative estimate of drug-likeness (QED) is 0.508. The molecule has 2 heteroatoms. The van der Waals surface area contributed by atoms with Crippen LogP contribution in [0.1, 0.15) is 11.1 Å². The molecule has 1 heterocycles. The van der Waals surface area contributed by atoms with Crippen molar-refractivity contribution in [2.75, 3.05) is 0 Å². The predicted molar refractivity (Wildman–Crippen MR) is 90.8 cm³/mol. The highest BCUT2D eigenvalue weighted by molar-refractivity contribution is 5.85. The Hall–Kier alpha value is -3.18. The van der Waals surface area contributed by atoms with Gasteiger partial charge in [0, 0.05) is 12.4 Å². The Balaban J connectivity index is 1.86. The molecule has 0 radical (unpaired) electrons. The average molecular weight is 282 g/mol. The van der Waals surface area contributed by atoms with Crippen molar-refractivity contribution in [3.8, 4) is 6.07 Å². The largest absolute Gasteiger partial charge is 0.265 e. The summed E-state index contributed by atoms with van der Waals surface area (Å²) in [5.74, 6) is 0. The predicted octanol–water partition coefficient (Wildman–Crippen LogP) is 4.86. The molecule has 3 rings (SSSR count). The smallest absolute Gasteiger partial charge is 0.0997 e. The van der Waals surface area contributed by atoms with Crippen LogP contribution in [0.15, 0.2) is 79.1 Å². The molecule has 0 atom stereocenters. The van der Waals surface area contributed by atoms with Crippen LogP contribution in [0.5, 0.6) is 0 Å². The van der Waals surface area contributed by atoms with Gasteiger partial charge in [-0.15, -0.1) is 0 Å². The number of nitrogens with zero attached hydrogens (tertiary/aromatic N) is 2. The maximum Gasteiger partial charge on any atom is 0.0997 e. The summed E-state index contributed by atoms with van der Waals surface area (Å²) < 4.78 is 0. The summed E-state index contributed by atoms with van der Waals surface area (Å²) in [7, 11) is 0. The first-order valence-electron chi connectivity index (χ1n) is 7.04. The van der Waals surface area contributed by atoms with E-state index in [4.69, 9.17) is 0 Å². The van der Waals surface area contributed by atoms with E-state index in [9.17, 15) is 5.26 Å². The van der Waals surface area contributed by atoms with E-state index in [1.165, 1.54) is 10.8 Å². The van der Waals surface area contributed by atoms with Crippen LogP contribution in [0.2, 0.25) is 0 Å². The highest BCUT2D eigenvalue weighted by atomic mass is 14.6. The molecule has 0 amide bonds. The number of rotatable bonds is 3. The zero-order chi connectivity index (χ0) is 15.2. The standard InChI is InChI=1S/C20H14N2/c21-15-20(18-10-12-22-13-11-18)7-3-4-16-8-9-17-5-1-2-6-19(17)14-16/h1-14H. The molecule has 0 spiro atoms. The molecule has 0 saturated carbocycles. The third kappa shape index (κ3) is 3.11. The molecule has 0 N–H and O–H groups in total. The van der Waals surface area contributed by atoms with Crippen LogP contribution in [0.3, 0.4) is 0 Å². The Kier molecular flexibility index (Phi) is 4.08. The lowest BCUT2D eigenvalue weighted by molar-refractivity contribution is 1.32. The number of hydrogen-bond donors (Lipinski definition) is 0. The third-order valence-corrected chi connectivity index (χ3v) is 3.44. The van der Waals surface area contributed by atoms with Crippen molar-refractivity contribution in [2.45, 2.75) is 0 Å². The lowest BCUT2D eigenvalue weighted by atomic mass is 10.1. The van der Waals surface area contributed by atoms with Crippen LogP contribution < -0.4 is 0 Å². The van der Waals surface area contributed by atoms with Gasteiger partial charge in [-0.3, -0.25) is 4.98 Å². The molecule has 2 aromatic carbocycles. The monoisotopic (exact) mass is 282 g/mol. The number of benzene rings is 2. The molecule has 0 unspecified atom stereocenters. The first-order valence-corrected chi connectivity index (χ1v) is 7.04. The molecular weight excluding hydrogens is 268 g/mol. The zero-order valence-electron chi connectivity index (χ0n) is 12.0. The summed E-state index contributed by atoms with van der Waals surface area (Å²) in [6, 6.07) is 20.5. The number of fused-ring (bicyclic) bond motifs is 1. The lowest BCUT2D eigenvalue weighted by Crippen LogP contribution is -1.80. The molecule has 22 heavy (non-hydrogen) atoms. The van der Waals surface area contributed by atoms with Crippen molar-refractivity contribution in [1.82, 2.24) is 4.98 Å². The molecule has 0 aliphatic carbocycles. The average Bonchev–Trinajstić information content (AvgIpc) is 2.59. The minimum absolute atomic E-state index is 0.624. The van der Waals surface area contributed by atoms with E-state index in [0.29, 0.717) is 5.57 Å². The first kappa shape index (κ1) is 13.8. The summed E-state index contributed by atoms with van der Waals surface area (Å²) >= 11 is 0. The minimum Gasteiger partial charge on any atom is -0.265 e. The fourth-order valence-corrected chi connectivity index (χ4v) is 2.30. The summed E-state index contributed by atoms with van der Waals surface area (Å²) in [6.45, 7) is 0. The highest BCUT2D eigenvalue weighted by Gasteiger charge is 1.97. The van der Waals surface area contributed by atoms with Gasteiger partial charge in [0.15, 0.2) is 0 Å². The second-order valence-corrected chi connectivity index (χ2v) is 4.89. The molecular formula is C20H14N2. The maximum atomic E-state index is 9.25. The van der Waals surface area contributed by atoms with Gasteiger partial charge in [-0.1, -0.05) is 48.6 Å². The van der Waals surface area contributed by atoms with Crippen molar-refractivity contribution in [2.24, 2.45) is 0 Å². The fourth-order valence-electron chi connectivity index (χ4n) is 2.30. The molecule has 0 aliphatic rings. The molecule has 0 saturated heterocycles. The summed E-state index contributed by atoms with van der Waals surface area (Å²) in [5.41, 5.74) is 2.61. The Morgan fingerprint density at radius 2 is 1.73 bits per heavy atom. The summed E-state index contributed by atoms with van der Waals surface area (Å²) in [5, 5.41) is 11.7. The van der Waals surface area contributed by atoms with E-state index >= 15 is 0 Å². The van der Waals surface area contributed by atoms with Crippen molar-refractivity contribution < 1.29 is 0 Å². The fraction of sp³-hybridized carbons (Fsp3) is 0. The van der Waals surface area contributed by atoms with Crippen molar-refractivity contribution in [3.63, 3.8) is 0 Å². The molecule has 2 nitrogen and oxygen atoms in total. The Labute approximate surface area is 129 Å². The topological polar surface area (TPSA) is 36.7 Å². The molecule has 104 valence electrons. The van der Waals surface area contributed by atoms with Gasteiger partial charge in [-0.05, 0) is 46.2 Å². The third-order valence-electron chi connectivity index (χ3n) is 3.44. The molecule has 0 aliphatic heterocycles. The Morgan fingerprint density at radius 1 is 0.955 bits per heavy atom. The second kappa shape index (κ2) is 6.51. The van der Waals surface area contributed by atoms with Gasteiger partial charge >= 0.3 is 0 Å². The number of hydrogen-bond acceptors (Lipinski definition) is 2. The van der Waals surface area contributed by atoms with Gasteiger partial charge in [0.25, 0.3) is 0 Å². The summed E-state index contributed by atoms with van der Waals surface area (Å²) in [6.07, 6.45) is 9.11. The highest BCUT2D eigenvalue weighted by Crippen LogP contribution is 2.17. The van der Waals surface area contributed by atoms with E-state index in [1.54, 1.807) is 12.4 Å². The minimum atomic E-state index is 0.624.